The molecule has 5 rings (SSSR count). The molecule has 1 saturated carbocycles. The van der Waals surface area contributed by atoms with E-state index in [1.807, 2.05) is 37.8 Å². The summed E-state index contributed by atoms with van der Waals surface area (Å²) in [6.07, 6.45) is 8.72. The summed E-state index contributed by atoms with van der Waals surface area (Å²) in [5, 5.41) is 8.95. The molecule has 2 aromatic heterocycles. The number of aromatic nitrogens is 3. The van der Waals surface area contributed by atoms with E-state index in [-0.39, 0.29) is 29.7 Å². The van der Waals surface area contributed by atoms with Crippen molar-refractivity contribution in [2.45, 2.75) is 70.7 Å². The second-order valence-electron chi connectivity index (χ2n) is 9.93. The monoisotopic (exact) mass is 507 g/mol. The third-order valence-corrected chi connectivity index (χ3v) is 6.84. The molecule has 1 saturated heterocycles. The summed E-state index contributed by atoms with van der Waals surface area (Å²) in [5.74, 6) is 0.218. The Morgan fingerprint density at radius 1 is 1.24 bits per heavy atom. The van der Waals surface area contributed by atoms with Gasteiger partial charge in [-0.3, -0.25) is 14.3 Å². The third kappa shape index (κ3) is 5.24. The first-order valence-corrected chi connectivity index (χ1v) is 12.8. The van der Waals surface area contributed by atoms with Crippen LogP contribution in [0.3, 0.4) is 0 Å². The Morgan fingerprint density at radius 3 is 2.73 bits per heavy atom. The number of carbonyl (C=O) groups is 2. The molecule has 0 unspecified atom stereocenters. The van der Waals surface area contributed by atoms with E-state index >= 15 is 0 Å². The smallest absolute Gasteiger partial charge is 0.252 e. The van der Waals surface area contributed by atoms with Crippen molar-refractivity contribution in [2.75, 3.05) is 13.2 Å². The molecule has 1 atom stereocenters. The van der Waals surface area contributed by atoms with Crippen molar-refractivity contribution in [3.05, 3.63) is 36.3 Å². The van der Waals surface area contributed by atoms with Crippen molar-refractivity contribution in [2.24, 2.45) is 5.73 Å². The molecule has 2 fully saturated rings. The number of amides is 2. The van der Waals surface area contributed by atoms with Crippen LogP contribution in [0.15, 0.2) is 30.7 Å². The van der Waals surface area contributed by atoms with Crippen LogP contribution in [0.5, 0.6) is 11.6 Å². The number of hydrogen-bond donors (Lipinski definition) is 2. The van der Waals surface area contributed by atoms with Gasteiger partial charge >= 0.3 is 0 Å². The first-order valence-electron chi connectivity index (χ1n) is 12.8. The molecule has 3 N–H and O–H groups in total. The van der Waals surface area contributed by atoms with E-state index in [1.54, 1.807) is 18.3 Å². The minimum Gasteiger partial charge on any atom is -0.490 e. The molecule has 1 aromatic carbocycles. The van der Waals surface area contributed by atoms with Crippen LogP contribution >= 0.6 is 0 Å². The minimum atomic E-state index is -0.580. The summed E-state index contributed by atoms with van der Waals surface area (Å²) >= 11 is 0. The Hall–Kier alpha value is -3.66. The van der Waals surface area contributed by atoms with Gasteiger partial charge in [-0.25, -0.2) is 4.98 Å². The second kappa shape index (κ2) is 10.4. The first-order chi connectivity index (χ1) is 17.8. The van der Waals surface area contributed by atoms with E-state index in [0.717, 1.165) is 29.4 Å². The largest absolute Gasteiger partial charge is 0.490 e. The molecule has 37 heavy (non-hydrogen) atoms. The van der Waals surface area contributed by atoms with Crippen LogP contribution < -0.4 is 20.5 Å². The molecule has 196 valence electrons. The van der Waals surface area contributed by atoms with Gasteiger partial charge in [0.2, 0.25) is 11.8 Å². The third-order valence-electron chi connectivity index (χ3n) is 6.84. The number of ether oxygens (including phenoxy) is 3. The van der Waals surface area contributed by atoms with Crippen molar-refractivity contribution in [1.82, 2.24) is 20.1 Å². The van der Waals surface area contributed by atoms with Gasteiger partial charge in [-0.1, -0.05) is 0 Å². The summed E-state index contributed by atoms with van der Waals surface area (Å²) in [6.45, 7) is 6.79. The van der Waals surface area contributed by atoms with Gasteiger partial charge in [0.1, 0.15) is 12.4 Å². The van der Waals surface area contributed by atoms with Crippen LogP contribution in [0.2, 0.25) is 0 Å². The van der Waals surface area contributed by atoms with Gasteiger partial charge in [-0.2, -0.15) is 5.10 Å². The predicted octanol–water partition coefficient (Wildman–Crippen LogP) is 3.38. The van der Waals surface area contributed by atoms with E-state index < -0.39 is 5.91 Å². The second-order valence-corrected chi connectivity index (χ2v) is 9.93. The Bertz CT molecular complexity index is 1310. The minimum absolute atomic E-state index is 0.0246. The predicted molar refractivity (Wildman–Crippen MR) is 138 cm³/mol. The number of nitrogens with zero attached hydrogens (tertiary/aromatic N) is 3. The molecule has 10 nitrogen and oxygen atoms in total. The molecule has 1 aliphatic carbocycles. The van der Waals surface area contributed by atoms with Gasteiger partial charge in [0.05, 0.1) is 36.1 Å². The van der Waals surface area contributed by atoms with Crippen LogP contribution in [-0.2, 0) is 9.53 Å². The Labute approximate surface area is 215 Å². The zero-order valence-corrected chi connectivity index (χ0v) is 21.4. The van der Waals surface area contributed by atoms with Crippen molar-refractivity contribution < 1.29 is 23.8 Å². The fourth-order valence-electron chi connectivity index (χ4n) is 4.92. The highest BCUT2D eigenvalue weighted by molar-refractivity contribution is 6.06. The highest BCUT2D eigenvalue weighted by Gasteiger charge is 2.32. The molecule has 2 amide bonds. The lowest BCUT2D eigenvalue weighted by atomic mass is 9.89. The zero-order chi connectivity index (χ0) is 26.1. The lowest BCUT2D eigenvalue weighted by Gasteiger charge is -2.34. The number of pyridine rings is 1. The molecular weight excluding hydrogens is 474 g/mol. The fraction of sp³-hybridized carbons (Fsp3) is 0.481. The van der Waals surface area contributed by atoms with Crippen LogP contribution in [0.1, 0.15) is 62.9 Å². The van der Waals surface area contributed by atoms with Crippen molar-refractivity contribution in [3.63, 3.8) is 0 Å². The van der Waals surface area contributed by atoms with E-state index in [1.165, 1.54) is 0 Å². The summed E-state index contributed by atoms with van der Waals surface area (Å²) in [5.41, 5.74) is 7.70. The number of benzene rings is 1. The number of rotatable bonds is 10. The molecule has 0 spiro atoms. The van der Waals surface area contributed by atoms with Gasteiger partial charge in [-0.05, 0) is 57.6 Å². The number of fused-ring (bicyclic) bond motifs is 1. The molecular formula is C27H33N5O5. The van der Waals surface area contributed by atoms with Gasteiger partial charge in [-0.15, -0.1) is 0 Å². The molecule has 1 aliphatic heterocycles. The summed E-state index contributed by atoms with van der Waals surface area (Å²) in [6, 6.07) is 3.72. The number of hydrogen-bond acceptors (Lipinski definition) is 7. The SMILES string of the molecule is CCOC1CC(n2cc(-c3cnc(OC[C@@H]4CCC(=O)N4)c4cc(OC(C)C)c(C(N)=O)cc34)cn2)C1. The Kier molecular flexibility index (Phi) is 7.01. The van der Waals surface area contributed by atoms with E-state index in [4.69, 9.17) is 19.9 Å². The average Bonchev–Trinajstić information content (AvgIpc) is 3.47. The Balaban J connectivity index is 1.52. The summed E-state index contributed by atoms with van der Waals surface area (Å²) in [7, 11) is 0. The van der Waals surface area contributed by atoms with Crippen LogP contribution in [0.4, 0.5) is 0 Å². The van der Waals surface area contributed by atoms with Crippen molar-refractivity contribution in [3.8, 4) is 22.8 Å². The van der Waals surface area contributed by atoms with Gasteiger partial charge in [0.25, 0.3) is 5.91 Å². The van der Waals surface area contributed by atoms with E-state index in [2.05, 4.69) is 15.4 Å². The molecule has 10 heteroatoms. The number of nitrogens with one attached hydrogen (secondary N) is 1. The lowest BCUT2D eigenvalue weighted by molar-refractivity contribution is -0.119. The van der Waals surface area contributed by atoms with E-state index in [0.29, 0.717) is 49.1 Å². The molecule has 0 bridgehead atoms. The number of nitrogens with two attached hydrogens (primary N) is 1. The maximum Gasteiger partial charge on any atom is 0.252 e. The lowest BCUT2D eigenvalue weighted by Crippen LogP contribution is -2.33. The van der Waals surface area contributed by atoms with Gasteiger partial charge in [0.15, 0.2) is 0 Å². The van der Waals surface area contributed by atoms with Gasteiger partial charge < -0.3 is 25.3 Å². The molecule has 3 heterocycles. The zero-order valence-electron chi connectivity index (χ0n) is 21.4. The standard InChI is InChI=1S/C27H33N5O5/c1-4-35-19-7-18(8-19)32-13-16(11-30-32)23-12-29-27(36-14-17-5-6-25(33)31-17)21-10-24(37-15(2)3)22(26(28)34)9-20(21)23/h9-13,15,17-19H,4-8,14H2,1-3H3,(H2,28,34)(H,31,33)/t17-,18?,19?/m0/s1. The van der Waals surface area contributed by atoms with Crippen LogP contribution in [0, 0.1) is 0 Å². The molecule has 0 radical (unpaired) electrons. The summed E-state index contributed by atoms with van der Waals surface area (Å²) < 4.78 is 19.7. The van der Waals surface area contributed by atoms with Gasteiger partial charge in [0, 0.05) is 41.9 Å². The number of carbonyl (C=O) groups excluding carboxylic acids is 2. The fourth-order valence-corrected chi connectivity index (χ4v) is 4.92. The highest BCUT2D eigenvalue weighted by atomic mass is 16.5. The van der Waals surface area contributed by atoms with E-state index in [9.17, 15) is 9.59 Å². The topological polar surface area (TPSA) is 131 Å². The van der Waals surface area contributed by atoms with Crippen LogP contribution in [0.25, 0.3) is 21.9 Å². The Morgan fingerprint density at radius 2 is 2.05 bits per heavy atom. The maximum absolute atomic E-state index is 12.4. The molecule has 3 aromatic rings. The van der Waals surface area contributed by atoms with Crippen molar-refractivity contribution in [1.29, 1.82) is 0 Å². The summed E-state index contributed by atoms with van der Waals surface area (Å²) in [4.78, 5) is 28.6. The maximum atomic E-state index is 12.4. The highest BCUT2D eigenvalue weighted by Crippen LogP contribution is 2.39. The first kappa shape index (κ1) is 25.0. The number of primary amides is 1. The average molecular weight is 508 g/mol. The van der Waals surface area contributed by atoms with Crippen LogP contribution in [-0.4, -0.2) is 58.0 Å². The van der Waals surface area contributed by atoms with Crippen molar-refractivity contribution >= 4 is 22.6 Å². The normalized spacial score (nSPS) is 21.2. The quantitative estimate of drug-likeness (QED) is 0.430. The molecule has 2 aliphatic rings.